The van der Waals surface area contributed by atoms with E-state index < -0.39 is 11.9 Å². The van der Waals surface area contributed by atoms with Crippen molar-refractivity contribution in [2.24, 2.45) is 12.0 Å². The average Bonchev–Trinajstić information content (AvgIpc) is 3.19. The van der Waals surface area contributed by atoms with E-state index in [1.807, 2.05) is 6.92 Å². The number of hydrogen-bond acceptors (Lipinski definition) is 3. The molecular formula is C15H23F3IN5O. The molecule has 3 atom stereocenters. The fraction of sp³-hybridized carbons (Fsp3) is 0.733. The van der Waals surface area contributed by atoms with Crippen molar-refractivity contribution < 1.29 is 17.9 Å². The monoisotopic (exact) mass is 473 g/mol. The molecule has 0 amide bonds. The summed E-state index contributed by atoms with van der Waals surface area (Å²) in [5, 5.41) is 9.87. The Balaban J connectivity index is 0.00000225. The third-order valence-electron chi connectivity index (χ3n) is 4.35. The normalized spacial score (nSPS) is 25.8. The highest BCUT2D eigenvalue weighted by Crippen LogP contribution is 2.34. The first-order chi connectivity index (χ1) is 11.4. The average molecular weight is 473 g/mol. The number of nitrogens with one attached hydrogen (secondary N) is 2. The summed E-state index contributed by atoms with van der Waals surface area (Å²) in [5.41, 5.74) is -0.820. The van der Waals surface area contributed by atoms with Gasteiger partial charge in [0.05, 0.1) is 24.8 Å². The highest BCUT2D eigenvalue weighted by molar-refractivity contribution is 14.0. The molecule has 2 aliphatic rings. The van der Waals surface area contributed by atoms with Crippen LogP contribution in [0.15, 0.2) is 11.2 Å². The predicted molar refractivity (Wildman–Crippen MR) is 97.9 cm³/mol. The molecule has 0 aliphatic carbocycles. The summed E-state index contributed by atoms with van der Waals surface area (Å²) in [5.74, 6) is 0.510. The molecule has 0 spiro atoms. The topological polar surface area (TPSA) is 63.5 Å². The van der Waals surface area contributed by atoms with Gasteiger partial charge in [0.1, 0.15) is 0 Å². The van der Waals surface area contributed by atoms with Gasteiger partial charge in [-0.2, -0.15) is 18.3 Å². The van der Waals surface area contributed by atoms with Crippen LogP contribution in [0.4, 0.5) is 13.2 Å². The second-order valence-electron chi connectivity index (χ2n) is 6.23. The van der Waals surface area contributed by atoms with Crippen molar-refractivity contribution in [1.82, 2.24) is 20.4 Å². The van der Waals surface area contributed by atoms with Gasteiger partial charge in [0.15, 0.2) is 11.7 Å². The molecule has 0 aromatic carbocycles. The molecule has 3 unspecified atom stereocenters. The van der Waals surface area contributed by atoms with Gasteiger partial charge in [-0.1, -0.05) is 0 Å². The van der Waals surface area contributed by atoms with Crippen LogP contribution in [0, 0.1) is 0 Å². The quantitative estimate of drug-likeness (QED) is 0.401. The molecule has 0 radical (unpaired) electrons. The van der Waals surface area contributed by atoms with E-state index in [-0.39, 0.29) is 48.2 Å². The van der Waals surface area contributed by atoms with Gasteiger partial charge in [-0.15, -0.1) is 24.0 Å². The summed E-state index contributed by atoms with van der Waals surface area (Å²) < 4.78 is 45.9. The Bertz CT molecular complexity index is 619. The Morgan fingerprint density at radius 3 is 2.76 bits per heavy atom. The van der Waals surface area contributed by atoms with E-state index in [0.29, 0.717) is 18.6 Å². The Morgan fingerprint density at radius 1 is 1.44 bits per heavy atom. The molecular weight excluding hydrogens is 450 g/mol. The lowest BCUT2D eigenvalue weighted by Gasteiger charge is -2.22. The molecule has 3 heterocycles. The number of aryl methyl sites for hydroxylation is 1. The summed E-state index contributed by atoms with van der Waals surface area (Å²) in [7, 11) is 1.47. The molecule has 142 valence electrons. The molecule has 2 fully saturated rings. The molecule has 3 rings (SSSR count). The number of ether oxygens (including phenoxy) is 1. The Morgan fingerprint density at radius 2 is 2.20 bits per heavy atom. The van der Waals surface area contributed by atoms with Crippen LogP contribution < -0.4 is 10.6 Å². The van der Waals surface area contributed by atoms with Crippen LogP contribution in [0.25, 0.3) is 0 Å². The number of rotatable bonds is 4. The number of halogens is 4. The first kappa shape index (κ1) is 20.3. The summed E-state index contributed by atoms with van der Waals surface area (Å²) in [4.78, 5) is 4.30. The standard InChI is InChI=1S/C15H22F3N5O.HI/c1-3-19-14(21-11-6-10-4-5-12(11)24-10)20-7-9-8-23(2)22-13(9)15(16,17)18;/h8,10-12H,3-7H2,1-2H3,(H2,19,20,21);1H. The summed E-state index contributed by atoms with van der Waals surface area (Å²) in [6.07, 6.45) is 0.361. The van der Waals surface area contributed by atoms with E-state index in [0.717, 1.165) is 23.9 Å². The maximum absolute atomic E-state index is 13.0. The highest BCUT2D eigenvalue weighted by atomic mass is 127. The Labute approximate surface area is 161 Å². The summed E-state index contributed by atoms with van der Waals surface area (Å²) in [6, 6.07) is 0.164. The van der Waals surface area contributed by atoms with E-state index in [2.05, 4.69) is 20.7 Å². The number of aliphatic imine (C=N–C) groups is 1. The minimum atomic E-state index is -4.48. The molecule has 2 bridgehead atoms. The number of hydrogen-bond donors (Lipinski definition) is 2. The van der Waals surface area contributed by atoms with Crippen molar-refractivity contribution in [3.63, 3.8) is 0 Å². The molecule has 2 N–H and O–H groups in total. The Hall–Kier alpha value is -1.04. The largest absolute Gasteiger partial charge is 0.435 e. The van der Waals surface area contributed by atoms with Crippen LogP contribution in [0.2, 0.25) is 0 Å². The number of guanidine groups is 1. The lowest BCUT2D eigenvalue weighted by atomic mass is 9.96. The highest BCUT2D eigenvalue weighted by Gasteiger charge is 2.41. The third-order valence-corrected chi connectivity index (χ3v) is 4.35. The smallest absolute Gasteiger partial charge is 0.373 e. The van der Waals surface area contributed by atoms with E-state index in [4.69, 9.17) is 4.74 Å². The van der Waals surface area contributed by atoms with E-state index >= 15 is 0 Å². The molecule has 1 aromatic heterocycles. The zero-order valence-electron chi connectivity index (χ0n) is 14.1. The second kappa shape index (κ2) is 8.11. The minimum absolute atomic E-state index is 0. The number of nitrogens with zero attached hydrogens (tertiary/aromatic N) is 3. The van der Waals surface area contributed by atoms with Crippen molar-refractivity contribution in [3.05, 3.63) is 17.5 Å². The number of fused-ring (bicyclic) bond motifs is 2. The summed E-state index contributed by atoms with van der Waals surface area (Å²) >= 11 is 0. The van der Waals surface area contributed by atoms with Crippen molar-refractivity contribution in [1.29, 1.82) is 0 Å². The third kappa shape index (κ3) is 4.78. The van der Waals surface area contributed by atoms with Crippen LogP contribution in [-0.4, -0.2) is 40.5 Å². The SMILES string of the molecule is CCNC(=NCc1cn(C)nc1C(F)(F)F)NC1CC2CCC1O2.I. The Kier molecular flexibility index (Phi) is 6.57. The van der Waals surface area contributed by atoms with Gasteiger partial charge in [-0.25, -0.2) is 4.99 Å². The first-order valence-electron chi connectivity index (χ1n) is 8.17. The molecule has 0 saturated carbocycles. The van der Waals surface area contributed by atoms with Crippen LogP contribution >= 0.6 is 24.0 Å². The van der Waals surface area contributed by atoms with Crippen molar-refractivity contribution in [2.75, 3.05) is 6.54 Å². The van der Waals surface area contributed by atoms with Gasteiger partial charge in [-0.3, -0.25) is 4.68 Å². The van der Waals surface area contributed by atoms with Crippen molar-refractivity contribution in [2.45, 2.75) is 57.2 Å². The number of aromatic nitrogens is 2. The van der Waals surface area contributed by atoms with E-state index in [1.54, 1.807) is 0 Å². The second-order valence-corrected chi connectivity index (χ2v) is 6.23. The molecule has 6 nitrogen and oxygen atoms in total. The number of alkyl halides is 3. The van der Waals surface area contributed by atoms with Crippen LogP contribution in [0.3, 0.4) is 0 Å². The van der Waals surface area contributed by atoms with Crippen molar-refractivity contribution in [3.8, 4) is 0 Å². The lowest BCUT2D eigenvalue weighted by molar-refractivity contribution is -0.142. The van der Waals surface area contributed by atoms with Gasteiger partial charge in [0.25, 0.3) is 0 Å². The van der Waals surface area contributed by atoms with Gasteiger partial charge < -0.3 is 15.4 Å². The maximum Gasteiger partial charge on any atom is 0.435 e. The molecule has 2 aliphatic heterocycles. The predicted octanol–water partition coefficient (Wildman–Crippen LogP) is 2.43. The van der Waals surface area contributed by atoms with E-state index in [1.165, 1.54) is 13.2 Å². The molecule has 25 heavy (non-hydrogen) atoms. The lowest BCUT2D eigenvalue weighted by Crippen LogP contribution is -2.47. The molecule has 1 aromatic rings. The van der Waals surface area contributed by atoms with Crippen LogP contribution in [0.1, 0.15) is 37.4 Å². The van der Waals surface area contributed by atoms with Crippen LogP contribution in [-0.2, 0) is 24.5 Å². The fourth-order valence-electron chi connectivity index (χ4n) is 3.34. The maximum atomic E-state index is 13.0. The van der Waals surface area contributed by atoms with Gasteiger partial charge in [-0.05, 0) is 26.2 Å². The zero-order chi connectivity index (χ0) is 17.3. The minimum Gasteiger partial charge on any atom is -0.373 e. The van der Waals surface area contributed by atoms with Crippen LogP contribution in [0.5, 0.6) is 0 Å². The molecule has 2 saturated heterocycles. The van der Waals surface area contributed by atoms with Gasteiger partial charge in [0, 0.05) is 25.4 Å². The van der Waals surface area contributed by atoms with Gasteiger partial charge in [0.2, 0.25) is 0 Å². The van der Waals surface area contributed by atoms with Crippen molar-refractivity contribution >= 4 is 29.9 Å². The van der Waals surface area contributed by atoms with E-state index in [9.17, 15) is 13.2 Å². The van der Waals surface area contributed by atoms with Gasteiger partial charge >= 0.3 is 6.18 Å². The molecule has 10 heteroatoms. The zero-order valence-corrected chi connectivity index (χ0v) is 16.5. The first-order valence-corrected chi connectivity index (χ1v) is 8.17. The fourth-order valence-corrected chi connectivity index (χ4v) is 3.34. The summed E-state index contributed by atoms with van der Waals surface area (Å²) in [6.45, 7) is 2.46.